The van der Waals surface area contributed by atoms with Crippen molar-refractivity contribution in [3.8, 4) is 17.6 Å². The largest absolute Gasteiger partial charge is 0.490 e. The molecule has 0 aliphatic heterocycles. The van der Waals surface area contributed by atoms with Crippen LogP contribution in [0.5, 0.6) is 11.5 Å². The van der Waals surface area contributed by atoms with Crippen molar-refractivity contribution in [1.29, 1.82) is 5.26 Å². The molecule has 2 aromatic rings. The molecule has 0 aromatic heterocycles. The number of nitriles is 1. The summed E-state index contributed by atoms with van der Waals surface area (Å²) in [5.74, 6) is 0.702. The number of nitrogens with zero attached hydrogens (tertiary/aromatic N) is 1. The summed E-state index contributed by atoms with van der Waals surface area (Å²) in [6, 6.07) is 12.6. The van der Waals surface area contributed by atoms with E-state index < -0.39 is 0 Å². The minimum absolute atomic E-state index is 0.0564. The normalized spacial score (nSPS) is 13.5. The quantitative estimate of drug-likeness (QED) is 0.463. The van der Waals surface area contributed by atoms with E-state index in [1.165, 1.54) is 0 Å². The third-order valence-corrected chi connectivity index (χ3v) is 4.84. The van der Waals surface area contributed by atoms with Crippen molar-refractivity contribution in [3.63, 3.8) is 0 Å². The molecule has 0 unspecified atom stereocenters. The van der Waals surface area contributed by atoms with Crippen LogP contribution in [0.4, 0.5) is 0 Å². The summed E-state index contributed by atoms with van der Waals surface area (Å²) in [5.41, 5.74) is 1.53. The van der Waals surface area contributed by atoms with Gasteiger partial charge in [0.1, 0.15) is 18.2 Å². The van der Waals surface area contributed by atoms with Gasteiger partial charge in [0.2, 0.25) is 0 Å². The van der Waals surface area contributed by atoms with Crippen LogP contribution in [0.1, 0.15) is 30.9 Å². The molecule has 0 atom stereocenters. The van der Waals surface area contributed by atoms with Gasteiger partial charge in [0.05, 0.1) is 6.61 Å². The standard InChI is InChI=1S/C22H20Cl2N2O3/c1-2-28-21-10-14(9-16(12-25)22(27)26-18-6-7-18)3-8-20(21)29-13-15-4-5-17(23)11-19(15)24/h3-5,8-11,18H,2,6-7,13H2,1H3,(H,26,27)/b16-9+. The molecule has 1 N–H and O–H groups in total. The molecule has 29 heavy (non-hydrogen) atoms. The molecule has 0 heterocycles. The SMILES string of the molecule is CCOc1cc(/C=C(\C#N)C(=O)NC2CC2)ccc1OCc1ccc(Cl)cc1Cl. The van der Waals surface area contributed by atoms with Gasteiger partial charge < -0.3 is 14.8 Å². The highest BCUT2D eigenvalue weighted by atomic mass is 35.5. The molecule has 5 nitrogen and oxygen atoms in total. The predicted octanol–water partition coefficient (Wildman–Crippen LogP) is 5.16. The number of rotatable bonds is 8. The zero-order valence-electron chi connectivity index (χ0n) is 15.9. The Morgan fingerprint density at radius 2 is 2.00 bits per heavy atom. The van der Waals surface area contributed by atoms with Gasteiger partial charge in [-0.3, -0.25) is 4.79 Å². The number of halogens is 2. The molecule has 0 saturated heterocycles. The van der Waals surface area contributed by atoms with Crippen LogP contribution in [0.25, 0.3) is 6.08 Å². The number of carbonyl (C=O) groups excluding carboxylic acids is 1. The lowest BCUT2D eigenvalue weighted by atomic mass is 10.1. The monoisotopic (exact) mass is 430 g/mol. The number of ether oxygens (including phenoxy) is 2. The van der Waals surface area contributed by atoms with Crippen molar-refractivity contribution < 1.29 is 14.3 Å². The molecule has 1 saturated carbocycles. The molecule has 0 bridgehead atoms. The van der Waals surface area contributed by atoms with Crippen molar-refractivity contribution in [2.45, 2.75) is 32.4 Å². The van der Waals surface area contributed by atoms with Crippen LogP contribution in [0.3, 0.4) is 0 Å². The van der Waals surface area contributed by atoms with Gasteiger partial charge in [0.15, 0.2) is 11.5 Å². The fourth-order valence-electron chi connectivity index (χ4n) is 2.60. The second-order valence-electron chi connectivity index (χ2n) is 6.58. The smallest absolute Gasteiger partial charge is 0.262 e. The van der Waals surface area contributed by atoms with Crippen molar-refractivity contribution >= 4 is 35.2 Å². The number of hydrogen-bond donors (Lipinski definition) is 1. The highest BCUT2D eigenvalue weighted by Crippen LogP contribution is 2.31. The fraction of sp³-hybridized carbons (Fsp3) is 0.273. The third-order valence-electron chi connectivity index (χ3n) is 4.25. The van der Waals surface area contributed by atoms with E-state index in [1.807, 2.05) is 13.0 Å². The first-order valence-electron chi connectivity index (χ1n) is 9.26. The van der Waals surface area contributed by atoms with E-state index in [9.17, 15) is 10.1 Å². The lowest BCUT2D eigenvalue weighted by Gasteiger charge is -2.13. The molecular weight excluding hydrogens is 411 g/mol. The maximum atomic E-state index is 12.1. The lowest BCUT2D eigenvalue weighted by molar-refractivity contribution is -0.117. The first kappa shape index (κ1) is 21.0. The van der Waals surface area contributed by atoms with Crippen LogP contribution in [0.2, 0.25) is 10.0 Å². The Bertz CT molecular complexity index is 979. The third kappa shape index (κ3) is 5.90. The summed E-state index contributed by atoms with van der Waals surface area (Å²) in [6.45, 7) is 2.56. The summed E-state index contributed by atoms with van der Waals surface area (Å²) in [7, 11) is 0. The Balaban J connectivity index is 1.77. The van der Waals surface area contributed by atoms with Crippen molar-refractivity contribution in [1.82, 2.24) is 5.32 Å². The molecule has 1 amide bonds. The molecule has 2 aromatic carbocycles. The molecular formula is C22H20Cl2N2O3. The minimum atomic E-state index is -0.356. The maximum Gasteiger partial charge on any atom is 0.262 e. The first-order valence-corrected chi connectivity index (χ1v) is 10.0. The number of hydrogen-bond acceptors (Lipinski definition) is 4. The van der Waals surface area contributed by atoms with E-state index in [1.54, 1.807) is 42.5 Å². The molecule has 1 aliphatic carbocycles. The van der Waals surface area contributed by atoms with Crippen LogP contribution < -0.4 is 14.8 Å². The number of benzene rings is 2. The predicted molar refractivity (Wildman–Crippen MR) is 113 cm³/mol. The van der Waals surface area contributed by atoms with Gasteiger partial charge >= 0.3 is 0 Å². The summed E-state index contributed by atoms with van der Waals surface area (Å²) in [6.07, 6.45) is 3.46. The second kappa shape index (κ2) is 9.69. The van der Waals surface area contributed by atoms with E-state index in [2.05, 4.69) is 5.32 Å². The zero-order chi connectivity index (χ0) is 20.8. The average Bonchev–Trinajstić information content (AvgIpc) is 3.50. The molecule has 7 heteroatoms. The Morgan fingerprint density at radius 3 is 2.66 bits per heavy atom. The minimum Gasteiger partial charge on any atom is -0.490 e. The van der Waals surface area contributed by atoms with E-state index >= 15 is 0 Å². The van der Waals surface area contributed by atoms with Crippen molar-refractivity contribution in [2.75, 3.05) is 6.61 Å². The van der Waals surface area contributed by atoms with Crippen molar-refractivity contribution in [3.05, 3.63) is 63.1 Å². The molecule has 0 spiro atoms. The van der Waals surface area contributed by atoms with Crippen LogP contribution in [-0.4, -0.2) is 18.6 Å². The number of carbonyl (C=O) groups is 1. The van der Waals surface area contributed by atoms with Gasteiger partial charge in [-0.05, 0) is 55.7 Å². The summed E-state index contributed by atoms with van der Waals surface area (Å²) in [4.78, 5) is 12.1. The Hall–Kier alpha value is -2.68. The van der Waals surface area contributed by atoms with Gasteiger partial charge in [0.25, 0.3) is 5.91 Å². The van der Waals surface area contributed by atoms with Crippen LogP contribution in [-0.2, 0) is 11.4 Å². The molecule has 1 fully saturated rings. The van der Waals surface area contributed by atoms with Gasteiger partial charge in [-0.25, -0.2) is 0 Å². The molecule has 0 radical (unpaired) electrons. The van der Waals surface area contributed by atoms with Crippen molar-refractivity contribution in [2.24, 2.45) is 0 Å². The van der Waals surface area contributed by atoms with E-state index in [0.717, 1.165) is 18.4 Å². The Morgan fingerprint density at radius 1 is 1.21 bits per heavy atom. The van der Waals surface area contributed by atoms with Crippen LogP contribution in [0, 0.1) is 11.3 Å². The van der Waals surface area contributed by atoms with Crippen LogP contribution >= 0.6 is 23.2 Å². The summed E-state index contributed by atoms with van der Waals surface area (Å²) >= 11 is 12.1. The van der Waals surface area contributed by atoms with Gasteiger partial charge in [-0.1, -0.05) is 35.3 Å². The molecule has 3 rings (SSSR count). The van der Waals surface area contributed by atoms with E-state index in [-0.39, 0.29) is 24.1 Å². The van der Waals surface area contributed by atoms with E-state index in [0.29, 0.717) is 33.7 Å². The maximum absolute atomic E-state index is 12.1. The van der Waals surface area contributed by atoms with Gasteiger partial charge in [-0.2, -0.15) is 5.26 Å². The highest BCUT2D eigenvalue weighted by molar-refractivity contribution is 6.35. The Kier molecular flexibility index (Phi) is 7.03. The average molecular weight is 431 g/mol. The topological polar surface area (TPSA) is 71.3 Å². The first-order chi connectivity index (χ1) is 14.0. The van der Waals surface area contributed by atoms with E-state index in [4.69, 9.17) is 32.7 Å². The Labute approximate surface area is 179 Å². The fourth-order valence-corrected chi connectivity index (χ4v) is 3.07. The highest BCUT2D eigenvalue weighted by Gasteiger charge is 2.24. The molecule has 150 valence electrons. The number of nitrogens with one attached hydrogen (secondary N) is 1. The lowest BCUT2D eigenvalue weighted by Crippen LogP contribution is -2.26. The summed E-state index contributed by atoms with van der Waals surface area (Å²) in [5, 5.41) is 13.2. The summed E-state index contributed by atoms with van der Waals surface area (Å²) < 4.78 is 11.5. The second-order valence-corrected chi connectivity index (χ2v) is 7.42. The zero-order valence-corrected chi connectivity index (χ0v) is 17.4. The molecule has 1 aliphatic rings. The van der Waals surface area contributed by atoms with Gasteiger partial charge in [0, 0.05) is 21.7 Å². The number of amides is 1. The van der Waals surface area contributed by atoms with Crippen LogP contribution in [0.15, 0.2) is 42.0 Å². The van der Waals surface area contributed by atoms with Gasteiger partial charge in [-0.15, -0.1) is 0 Å².